The Bertz CT molecular complexity index is 1350. The number of hydrogen-bond acceptors (Lipinski definition) is 5. The van der Waals surface area contributed by atoms with Gasteiger partial charge in [-0.05, 0) is 42.7 Å². The van der Waals surface area contributed by atoms with Crippen molar-refractivity contribution in [2.45, 2.75) is 30.6 Å². The Balaban J connectivity index is 1.23. The van der Waals surface area contributed by atoms with Gasteiger partial charge in [-0.15, -0.1) is 0 Å². The van der Waals surface area contributed by atoms with E-state index in [-0.39, 0.29) is 23.3 Å². The zero-order valence-electron chi connectivity index (χ0n) is 19.5. The van der Waals surface area contributed by atoms with Crippen LogP contribution in [0.2, 0.25) is 0 Å². The third kappa shape index (κ3) is 5.63. The highest BCUT2D eigenvalue weighted by molar-refractivity contribution is 7.99. The molecule has 0 bridgehead atoms. The molecule has 1 N–H and O–H groups in total. The topological polar surface area (TPSA) is 67.2 Å². The summed E-state index contributed by atoms with van der Waals surface area (Å²) in [5.74, 6) is 0.181. The van der Waals surface area contributed by atoms with Gasteiger partial charge in [0.2, 0.25) is 5.91 Å². The first kappa shape index (κ1) is 23.3. The molecule has 0 saturated carbocycles. The zero-order valence-corrected chi connectivity index (χ0v) is 20.3. The van der Waals surface area contributed by atoms with Crippen LogP contribution in [0.25, 0.3) is 16.6 Å². The van der Waals surface area contributed by atoms with Crippen molar-refractivity contribution in [3.05, 3.63) is 101 Å². The van der Waals surface area contributed by atoms with Crippen LogP contribution in [-0.4, -0.2) is 45.2 Å². The SMILES string of the molecule is O=C(CSc1nc2ccccc2c(=O)n1-c1ccccc1)NC1CCN(Cc2ccccc2)CC1. The second-order valence-electron chi connectivity index (χ2n) is 8.78. The summed E-state index contributed by atoms with van der Waals surface area (Å²) in [7, 11) is 0. The lowest BCUT2D eigenvalue weighted by Gasteiger charge is -2.32. The molecule has 35 heavy (non-hydrogen) atoms. The second-order valence-corrected chi connectivity index (χ2v) is 9.72. The molecule has 1 saturated heterocycles. The van der Waals surface area contributed by atoms with Crippen molar-refractivity contribution in [2.75, 3.05) is 18.8 Å². The predicted octanol–water partition coefficient (Wildman–Crippen LogP) is 4.26. The van der Waals surface area contributed by atoms with E-state index in [1.165, 1.54) is 17.3 Å². The number of para-hydroxylation sites is 2. The van der Waals surface area contributed by atoms with E-state index in [0.29, 0.717) is 16.1 Å². The molecule has 5 rings (SSSR count). The van der Waals surface area contributed by atoms with Crippen LogP contribution < -0.4 is 10.9 Å². The van der Waals surface area contributed by atoms with Gasteiger partial charge in [-0.25, -0.2) is 4.98 Å². The molecule has 1 aliphatic heterocycles. The Labute approximate surface area is 209 Å². The molecule has 0 atom stereocenters. The standard InChI is InChI=1S/C28H28N4O2S/c33-26(29-22-15-17-31(18-16-22)19-21-9-3-1-4-10-21)20-35-28-30-25-14-8-7-13-24(25)27(34)32(28)23-11-5-2-6-12-23/h1-14,22H,15-20H2,(H,29,33). The molecule has 6 nitrogen and oxygen atoms in total. The quantitative estimate of drug-likeness (QED) is 0.314. The average molecular weight is 485 g/mol. The van der Waals surface area contributed by atoms with Crippen LogP contribution in [-0.2, 0) is 11.3 Å². The van der Waals surface area contributed by atoms with Crippen molar-refractivity contribution in [2.24, 2.45) is 0 Å². The highest BCUT2D eigenvalue weighted by atomic mass is 32.2. The van der Waals surface area contributed by atoms with Gasteiger partial charge in [0.05, 0.1) is 22.3 Å². The molecule has 1 amide bonds. The number of nitrogens with one attached hydrogen (secondary N) is 1. The van der Waals surface area contributed by atoms with E-state index < -0.39 is 0 Å². The van der Waals surface area contributed by atoms with E-state index in [1.54, 1.807) is 10.6 Å². The van der Waals surface area contributed by atoms with E-state index in [2.05, 4.69) is 34.5 Å². The van der Waals surface area contributed by atoms with Crippen LogP contribution in [0.1, 0.15) is 18.4 Å². The Hall–Kier alpha value is -3.42. The molecule has 1 fully saturated rings. The van der Waals surface area contributed by atoms with Gasteiger partial charge in [-0.2, -0.15) is 0 Å². The van der Waals surface area contributed by atoms with Gasteiger partial charge in [0, 0.05) is 25.7 Å². The Kier molecular flexibility index (Phi) is 7.25. The third-order valence-electron chi connectivity index (χ3n) is 6.29. The number of hydrogen-bond donors (Lipinski definition) is 1. The van der Waals surface area contributed by atoms with Gasteiger partial charge < -0.3 is 5.32 Å². The number of fused-ring (bicyclic) bond motifs is 1. The minimum atomic E-state index is -0.129. The second kappa shape index (κ2) is 10.9. The number of carbonyl (C=O) groups excluding carboxylic acids is 1. The zero-order chi connectivity index (χ0) is 24.0. The summed E-state index contributed by atoms with van der Waals surface area (Å²) >= 11 is 1.30. The molecule has 1 aromatic heterocycles. The van der Waals surface area contributed by atoms with Crippen LogP contribution >= 0.6 is 11.8 Å². The van der Waals surface area contributed by atoms with Gasteiger partial charge >= 0.3 is 0 Å². The van der Waals surface area contributed by atoms with E-state index >= 15 is 0 Å². The lowest BCUT2D eigenvalue weighted by atomic mass is 10.0. The van der Waals surface area contributed by atoms with E-state index in [9.17, 15) is 9.59 Å². The maximum Gasteiger partial charge on any atom is 0.266 e. The summed E-state index contributed by atoms with van der Waals surface area (Å²) in [4.78, 5) is 33.2. The molecule has 0 aliphatic carbocycles. The van der Waals surface area contributed by atoms with Crippen molar-refractivity contribution in [3.8, 4) is 5.69 Å². The van der Waals surface area contributed by atoms with Crippen molar-refractivity contribution in [3.63, 3.8) is 0 Å². The van der Waals surface area contributed by atoms with Crippen molar-refractivity contribution < 1.29 is 4.79 Å². The number of amides is 1. The normalized spacial score (nSPS) is 14.7. The summed E-state index contributed by atoms with van der Waals surface area (Å²) in [6.07, 6.45) is 1.87. The van der Waals surface area contributed by atoms with E-state index in [0.717, 1.165) is 38.2 Å². The van der Waals surface area contributed by atoms with Crippen LogP contribution in [0.4, 0.5) is 0 Å². The van der Waals surface area contributed by atoms with Gasteiger partial charge in [0.15, 0.2) is 5.16 Å². The minimum Gasteiger partial charge on any atom is -0.353 e. The number of benzene rings is 3. The predicted molar refractivity (Wildman–Crippen MR) is 141 cm³/mol. The molecular weight excluding hydrogens is 456 g/mol. The summed E-state index contributed by atoms with van der Waals surface area (Å²) in [6.45, 7) is 2.88. The fraction of sp³-hybridized carbons (Fsp3) is 0.250. The van der Waals surface area contributed by atoms with Crippen molar-refractivity contribution >= 4 is 28.6 Å². The smallest absolute Gasteiger partial charge is 0.266 e. The lowest BCUT2D eigenvalue weighted by Crippen LogP contribution is -2.44. The molecule has 2 heterocycles. The summed E-state index contributed by atoms with van der Waals surface area (Å²) in [5.41, 5.74) is 2.57. The fourth-order valence-corrected chi connectivity index (χ4v) is 5.31. The van der Waals surface area contributed by atoms with E-state index in [1.807, 2.05) is 54.6 Å². The number of piperidine rings is 1. The number of nitrogens with zero attached hydrogens (tertiary/aromatic N) is 3. The molecule has 178 valence electrons. The summed E-state index contributed by atoms with van der Waals surface area (Å²) in [6, 6.07) is 27.4. The maximum atomic E-state index is 13.3. The van der Waals surface area contributed by atoms with Gasteiger partial charge in [0.25, 0.3) is 5.56 Å². The van der Waals surface area contributed by atoms with Gasteiger partial charge in [-0.1, -0.05) is 72.4 Å². The first-order chi connectivity index (χ1) is 17.2. The highest BCUT2D eigenvalue weighted by Gasteiger charge is 2.21. The highest BCUT2D eigenvalue weighted by Crippen LogP contribution is 2.21. The summed E-state index contributed by atoms with van der Waals surface area (Å²) < 4.78 is 1.60. The molecule has 0 unspecified atom stereocenters. The Morgan fingerprint density at radius 1 is 0.914 bits per heavy atom. The van der Waals surface area contributed by atoms with Crippen molar-refractivity contribution in [1.29, 1.82) is 0 Å². The molecule has 1 aliphatic rings. The molecule has 4 aromatic rings. The number of rotatable bonds is 7. The van der Waals surface area contributed by atoms with Crippen LogP contribution in [0.15, 0.2) is 94.9 Å². The van der Waals surface area contributed by atoms with Crippen LogP contribution in [0.3, 0.4) is 0 Å². The number of carbonyl (C=O) groups is 1. The number of likely N-dealkylation sites (tertiary alicyclic amines) is 1. The molecule has 7 heteroatoms. The van der Waals surface area contributed by atoms with Gasteiger partial charge in [-0.3, -0.25) is 19.1 Å². The monoisotopic (exact) mass is 484 g/mol. The number of thioether (sulfide) groups is 1. The fourth-order valence-electron chi connectivity index (χ4n) is 4.49. The van der Waals surface area contributed by atoms with Crippen LogP contribution in [0.5, 0.6) is 0 Å². The molecular formula is C28H28N4O2S. The largest absolute Gasteiger partial charge is 0.353 e. The average Bonchev–Trinajstić information content (AvgIpc) is 2.90. The maximum absolute atomic E-state index is 13.3. The molecule has 0 radical (unpaired) electrons. The first-order valence-electron chi connectivity index (χ1n) is 11.9. The Morgan fingerprint density at radius 2 is 1.57 bits per heavy atom. The number of aromatic nitrogens is 2. The molecule has 0 spiro atoms. The Morgan fingerprint density at radius 3 is 2.31 bits per heavy atom. The lowest BCUT2D eigenvalue weighted by molar-refractivity contribution is -0.119. The summed E-state index contributed by atoms with van der Waals surface area (Å²) in [5, 5.41) is 4.27. The minimum absolute atomic E-state index is 0.0291. The van der Waals surface area contributed by atoms with Gasteiger partial charge in [0.1, 0.15) is 0 Å². The first-order valence-corrected chi connectivity index (χ1v) is 12.9. The third-order valence-corrected chi connectivity index (χ3v) is 7.23. The molecule has 3 aromatic carbocycles. The van der Waals surface area contributed by atoms with Crippen molar-refractivity contribution in [1.82, 2.24) is 19.8 Å². The van der Waals surface area contributed by atoms with Crippen LogP contribution in [0, 0.1) is 0 Å². The van der Waals surface area contributed by atoms with E-state index in [4.69, 9.17) is 4.98 Å².